The lowest BCUT2D eigenvalue weighted by molar-refractivity contribution is 0.832. The Morgan fingerprint density at radius 2 is 1.74 bits per heavy atom. The topological polar surface area (TPSA) is 81.1 Å². The van der Waals surface area contributed by atoms with Crippen molar-refractivity contribution in [3.05, 3.63) is 53.6 Å². The second-order valence-electron chi connectivity index (χ2n) is 5.67. The molecule has 0 unspecified atom stereocenters. The first-order valence-corrected chi connectivity index (χ1v) is 7.70. The normalized spacial score (nSPS) is 10.9. The number of hydrogen-bond donors (Lipinski definition) is 2. The van der Waals surface area contributed by atoms with Gasteiger partial charge in [-0.25, -0.2) is 4.98 Å². The van der Waals surface area contributed by atoms with Crippen molar-refractivity contribution in [3.63, 3.8) is 0 Å². The van der Waals surface area contributed by atoms with Crippen molar-refractivity contribution in [2.75, 3.05) is 22.9 Å². The smallest absolute Gasteiger partial charge is 0.222 e. The predicted molar refractivity (Wildman–Crippen MR) is 96.3 cm³/mol. The number of fused-ring (bicyclic) bond motifs is 1. The molecule has 0 bridgehead atoms. The standard InChI is InChI=1S/C18H21N5/c1-3-23(14-7-4-12(2)5-8-14)11-13-6-9-16-15(10-13)17(19)22-18(20)21-16/h4-10H,3,11H2,1-2H3,(H4,19,20,21,22). The summed E-state index contributed by atoms with van der Waals surface area (Å²) >= 11 is 0. The first-order valence-electron chi connectivity index (χ1n) is 7.70. The second-order valence-corrected chi connectivity index (χ2v) is 5.67. The average molecular weight is 307 g/mol. The van der Waals surface area contributed by atoms with Crippen molar-refractivity contribution in [3.8, 4) is 0 Å². The molecule has 23 heavy (non-hydrogen) atoms. The van der Waals surface area contributed by atoms with Crippen molar-refractivity contribution >= 4 is 28.4 Å². The fourth-order valence-corrected chi connectivity index (χ4v) is 2.68. The highest BCUT2D eigenvalue weighted by Gasteiger charge is 2.08. The molecule has 0 aliphatic carbocycles. The van der Waals surface area contributed by atoms with E-state index >= 15 is 0 Å². The third kappa shape index (κ3) is 3.18. The Hall–Kier alpha value is -2.82. The molecule has 0 saturated carbocycles. The van der Waals surface area contributed by atoms with Crippen LogP contribution in [0.15, 0.2) is 42.5 Å². The summed E-state index contributed by atoms with van der Waals surface area (Å²) in [5.74, 6) is 0.630. The lowest BCUT2D eigenvalue weighted by Gasteiger charge is -2.23. The highest BCUT2D eigenvalue weighted by atomic mass is 15.1. The minimum Gasteiger partial charge on any atom is -0.383 e. The van der Waals surface area contributed by atoms with Gasteiger partial charge in [-0.05, 0) is 43.7 Å². The van der Waals surface area contributed by atoms with Gasteiger partial charge in [-0.1, -0.05) is 23.8 Å². The second kappa shape index (κ2) is 6.12. The Kier molecular flexibility index (Phi) is 4.02. The summed E-state index contributed by atoms with van der Waals surface area (Å²) in [6, 6.07) is 14.6. The number of nitrogens with zero attached hydrogens (tertiary/aromatic N) is 3. The zero-order valence-corrected chi connectivity index (χ0v) is 13.5. The van der Waals surface area contributed by atoms with Crippen LogP contribution in [0, 0.1) is 6.92 Å². The molecule has 5 nitrogen and oxygen atoms in total. The summed E-state index contributed by atoms with van der Waals surface area (Å²) in [5.41, 5.74) is 16.0. The van der Waals surface area contributed by atoms with Crippen molar-refractivity contribution in [1.29, 1.82) is 0 Å². The summed E-state index contributed by atoms with van der Waals surface area (Å²) in [7, 11) is 0. The van der Waals surface area contributed by atoms with Crippen LogP contribution >= 0.6 is 0 Å². The molecular weight excluding hydrogens is 286 g/mol. The number of aryl methyl sites for hydroxylation is 1. The molecule has 5 heteroatoms. The lowest BCUT2D eigenvalue weighted by Crippen LogP contribution is -2.21. The molecule has 0 radical (unpaired) electrons. The van der Waals surface area contributed by atoms with E-state index in [4.69, 9.17) is 11.5 Å². The van der Waals surface area contributed by atoms with Gasteiger partial charge in [0.2, 0.25) is 5.95 Å². The van der Waals surface area contributed by atoms with Gasteiger partial charge in [-0.3, -0.25) is 0 Å². The minimum absolute atomic E-state index is 0.206. The summed E-state index contributed by atoms with van der Waals surface area (Å²) in [4.78, 5) is 10.6. The van der Waals surface area contributed by atoms with E-state index in [-0.39, 0.29) is 5.95 Å². The van der Waals surface area contributed by atoms with Crippen molar-refractivity contribution in [1.82, 2.24) is 9.97 Å². The van der Waals surface area contributed by atoms with Gasteiger partial charge >= 0.3 is 0 Å². The van der Waals surface area contributed by atoms with Crippen LogP contribution in [0.3, 0.4) is 0 Å². The third-order valence-electron chi connectivity index (χ3n) is 3.96. The molecule has 118 valence electrons. The predicted octanol–water partition coefficient (Wildman–Crippen LogP) is 3.13. The number of nitrogens with two attached hydrogens (primary N) is 2. The SMILES string of the molecule is CCN(Cc1ccc2nc(N)nc(N)c2c1)c1ccc(C)cc1. The van der Waals surface area contributed by atoms with Crippen LogP contribution < -0.4 is 16.4 Å². The Bertz CT molecular complexity index is 827. The molecule has 0 aliphatic rings. The Balaban J connectivity index is 1.91. The van der Waals surface area contributed by atoms with Crippen LogP contribution in [0.4, 0.5) is 17.5 Å². The Morgan fingerprint density at radius 3 is 2.43 bits per heavy atom. The number of benzene rings is 2. The highest BCUT2D eigenvalue weighted by molar-refractivity contribution is 5.89. The van der Waals surface area contributed by atoms with Gasteiger partial charge in [-0.2, -0.15) is 4.98 Å². The number of aromatic nitrogens is 2. The summed E-state index contributed by atoms with van der Waals surface area (Å²) in [6.07, 6.45) is 0. The molecule has 0 amide bonds. The first-order chi connectivity index (χ1) is 11.1. The van der Waals surface area contributed by atoms with Gasteiger partial charge in [-0.15, -0.1) is 0 Å². The van der Waals surface area contributed by atoms with E-state index in [0.29, 0.717) is 5.82 Å². The maximum atomic E-state index is 5.97. The highest BCUT2D eigenvalue weighted by Crippen LogP contribution is 2.23. The van der Waals surface area contributed by atoms with Crippen LogP contribution in [0.25, 0.3) is 10.9 Å². The van der Waals surface area contributed by atoms with Gasteiger partial charge in [0, 0.05) is 24.2 Å². The lowest BCUT2D eigenvalue weighted by atomic mass is 10.1. The molecule has 0 fully saturated rings. The summed E-state index contributed by atoms with van der Waals surface area (Å²) < 4.78 is 0. The fraction of sp³-hybridized carbons (Fsp3) is 0.222. The molecule has 3 aromatic rings. The zero-order valence-electron chi connectivity index (χ0n) is 13.5. The van der Waals surface area contributed by atoms with E-state index in [1.165, 1.54) is 16.8 Å². The number of hydrogen-bond acceptors (Lipinski definition) is 5. The van der Waals surface area contributed by atoms with Crippen molar-refractivity contribution in [2.45, 2.75) is 20.4 Å². The first kappa shape index (κ1) is 15.1. The zero-order chi connectivity index (χ0) is 16.4. The van der Waals surface area contributed by atoms with Gasteiger partial charge in [0.15, 0.2) is 0 Å². The van der Waals surface area contributed by atoms with Crippen LogP contribution in [-0.4, -0.2) is 16.5 Å². The molecule has 1 heterocycles. The minimum atomic E-state index is 0.206. The van der Waals surface area contributed by atoms with Gasteiger partial charge in [0.1, 0.15) is 5.82 Å². The molecule has 4 N–H and O–H groups in total. The average Bonchev–Trinajstić information content (AvgIpc) is 2.54. The maximum Gasteiger partial charge on any atom is 0.222 e. The Labute approximate surface area is 136 Å². The van der Waals surface area contributed by atoms with Crippen LogP contribution in [0.1, 0.15) is 18.1 Å². The largest absolute Gasteiger partial charge is 0.383 e. The molecule has 3 rings (SSSR count). The molecule has 0 spiro atoms. The molecular formula is C18H21N5. The van der Waals surface area contributed by atoms with Gasteiger partial charge in [0.05, 0.1) is 5.52 Å². The van der Waals surface area contributed by atoms with E-state index in [1.54, 1.807) is 0 Å². The number of anilines is 3. The van der Waals surface area contributed by atoms with Crippen molar-refractivity contribution in [2.24, 2.45) is 0 Å². The van der Waals surface area contributed by atoms with E-state index < -0.39 is 0 Å². The van der Waals surface area contributed by atoms with Crippen LogP contribution in [0.2, 0.25) is 0 Å². The third-order valence-corrected chi connectivity index (χ3v) is 3.96. The summed E-state index contributed by atoms with van der Waals surface area (Å²) in [6.45, 7) is 5.98. The van der Waals surface area contributed by atoms with E-state index in [9.17, 15) is 0 Å². The van der Waals surface area contributed by atoms with Crippen LogP contribution in [0.5, 0.6) is 0 Å². The van der Waals surface area contributed by atoms with Crippen LogP contribution in [-0.2, 0) is 6.54 Å². The quantitative estimate of drug-likeness (QED) is 0.774. The molecule has 0 atom stereocenters. The molecule has 1 aromatic heterocycles. The molecule has 0 aliphatic heterocycles. The van der Waals surface area contributed by atoms with E-state index in [0.717, 1.165) is 24.0 Å². The number of nitrogen functional groups attached to an aromatic ring is 2. The maximum absolute atomic E-state index is 5.97. The van der Waals surface area contributed by atoms with E-state index in [1.807, 2.05) is 12.1 Å². The Morgan fingerprint density at radius 1 is 1.00 bits per heavy atom. The van der Waals surface area contributed by atoms with Gasteiger partial charge in [0.25, 0.3) is 0 Å². The van der Waals surface area contributed by atoms with E-state index in [2.05, 4.69) is 59.0 Å². The number of rotatable bonds is 4. The molecule has 2 aromatic carbocycles. The van der Waals surface area contributed by atoms with Gasteiger partial charge < -0.3 is 16.4 Å². The monoisotopic (exact) mass is 307 g/mol. The fourth-order valence-electron chi connectivity index (χ4n) is 2.68. The summed E-state index contributed by atoms with van der Waals surface area (Å²) in [5, 5.41) is 0.844. The van der Waals surface area contributed by atoms with Crippen molar-refractivity contribution < 1.29 is 0 Å². The molecule has 0 saturated heterocycles.